The fourth-order valence-electron chi connectivity index (χ4n) is 1.87. The van der Waals surface area contributed by atoms with Crippen LogP contribution in [0.4, 0.5) is 0 Å². The Kier molecular flexibility index (Phi) is 2.93. The van der Waals surface area contributed by atoms with Crippen LogP contribution in [0.3, 0.4) is 0 Å². The topological polar surface area (TPSA) is 72.3 Å². The molecule has 1 atom stereocenters. The SMILES string of the molecule is CCCC1(N)CN(C(C)C(N)=O)C1. The van der Waals surface area contributed by atoms with Crippen LogP contribution in [0.2, 0.25) is 0 Å². The maximum Gasteiger partial charge on any atom is 0.234 e. The van der Waals surface area contributed by atoms with Crippen molar-refractivity contribution in [2.24, 2.45) is 11.5 Å². The van der Waals surface area contributed by atoms with E-state index >= 15 is 0 Å². The molecule has 1 aliphatic heterocycles. The number of carbonyl (C=O) groups is 1. The van der Waals surface area contributed by atoms with Gasteiger partial charge in [-0.25, -0.2) is 0 Å². The molecule has 0 radical (unpaired) electrons. The third-order valence-corrected chi connectivity index (χ3v) is 2.74. The summed E-state index contributed by atoms with van der Waals surface area (Å²) >= 11 is 0. The molecule has 1 heterocycles. The van der Waals surface area contributed by atoms with Crippen LogP contribution in [-0.4, -0.2) is 35.5 Å². The fraction of sp³-hybridized carbons (Fsp3) is 0.889. The molecule has 13 heavy (non-hydrogen) atoms. The number of likely N-dealkylation sites (tertiary alicyclic amines) is 1. The third kappa shape index (κ3) is 2.19. The van der Waals surface area contributed by atoms with Crippen molar-refractivity contribution in [3.05, 3.63) is 0 Å². The molecular weight excluding hydrogens is 166 g/mol. The number of carbonyl (C=O) groups excluding carboxylic acids is 1. The van der Waals surface area contributed by atoms with E-state index in [0.717, 1.165) is 25.9 Å². The zero-order valence-electron chi connectivity index (χ0n) is 8.42. The number of amides is 1. The van der Waals surface area contributed by atoms with Gasteiger partial charge in [0.05, 0.1) is 6.04 Å². The Morgan fingerprint density at radius 1 is 1.62 bits per heavy atom. The van der Waals surface area contributed by atoms with Crippen molar-refractivity contribution in [3.8, 4) is 0 Å². The molecule has 0 aromatic heterocycles. The molecule has 1 saturated heterocycles. The maximum absolute atomic E-state index is 10.8. The van der Waals surface area contributed by atoms with Gasteiger partial charge in [0.25, 0.3) is 0 Å². The fourth-order valence-corrected chi connectivity index (χ4v) is 1.87. The minimum atomic E-state index is -0.265. The van der Waals surface area contributed by atoms with E-state index in [2.05, 4.69) is 6.92 Å². The van der Waals surface area contributed by atoms with Crippen LogP contribution in [-0.2, 0) is 4.79 Å². The molecule has 1 rings (SSSR count). The van der Waals surface area contributed by atoms with E-state index < -0.39 is 0 Å². The average Bonchev–Trinajstić information content (AvgIpc) is 1.99. The standard InChI is InChI=1S/C9H19N3O/c1-3-4-9(11)5-12(6-9)7(2)8(10)13/h7H,3-6,11H2,1-2H3,(H2,10,13). The lowest BCUT2D eigenvalue weighted by atomic mass is 9.85. The molecule has 0 saturated carbocycles. The molecule has 1 unspecified atom stereocenters. The predicted octanol–water partition coefficient (Wildman–Crippen LogP) is -0.327. The van der Waals surface area contributed by atoms with Crippen molar-refractivity contribution in [1.29, 1.82) is 0 Å². The summed E-state index contributed by atoms with van der Waals surface area (Å²) in [5.41, 5.74) is 11.2. The van der Waals surface area contributed by atoms with E-state index in [1.165, 1.54) is 0 Å². The van der Waals surface area contributed by atoms with Gasteiger partial charge in [0.15, 0.2) is 0 Å². The summed E-state index contributed by atoms with van der Waals surface area (Å²) in [5.74, 6) is -0.265. The lowest BCUT2D eigenvalue weighted by Gasteiger charge is -2.49. The molecule has 1 aliphatic rings. The molecule has 4 heteroatoms. The molecule has 76 valence electrons. The van der Waals surface area contributed by atoms with Gasteiger partial charge in [-0.1, -0.05) is 13.3 Å². The van der Waals surface area contributed by atoms with Crippen molar-refractivity contribution in [3.63, 3.8) is 0 Å². The first-order valence-electron chi connectivity index (χ1n) is 4.81. The van der Waals surface area contributed by atoms with Gasteiger partial charge >= 0.3 is 0 Å². The van der Waals surface area contributed by atoms with Crippen LogP contribution < -0.4 is 11.5 Å². The predicted molar refractivity (Wildman–Crippen MR) is 52.1 cm³/mol. The number of hydrogen-bond donors (Lipinski definition) is 2. The minimum absolute atomic E-state index is 0.0710. The number of nitrogens with zero attached hydrogens (tertiary/aromatic N) is 1. The van der Waals surface area contributed by atoms with Crippen LogP contribution in [0, 0.1) is 0 Å². The van der Waals surface area contributed by atoms with Gasteiger partial charge in [0.2, 0.25) is 5.91 Å². The third-order valence-electron chi connectivity index (χ3n) is 2.74. The Bertz CT molecular complexity index is 199. The van der Waals surface area contributed by atoms with E-state index in [9.17, 15) is 4.79 Å². The van der Waals surface area contributed by atoms with Crippen LogP contribution in [0.1, 0.15) is 26.7 Å². The van der Waals surface area contributed by atoms with Gasteiger partial charge in [-0.3, -0.25) is 9.69 Å². The largest absolute Gasteiger partial charge is 0.368 e. The summed E-state index contributed by atoms with van der Waals surface area (Å²) in [5, 5.41) is 0. The number of nitrogens with two attached hydrogens (primary N) is 2. The summed E-state index contributed by atoms with van der Waals surface area (Å²) in [6.07, 6.45) is 2.12. The van der Waals surface area contributed by atoms with Gasteiger partial charge in [0.1, 0.15) is 0 Å². The lowest BCUT2D eigenvalue weighted by molar-refractivity contribution is -0.125. The highest BCUT2D eigenvalue weighted by molar-refractivity contribution is 5.79. The van der Waals surface area contributed by atoms with Gasteiger partial charge in [-0.05, 0) is 13.3 Å². The smallest absolute Gasteiger partial charge is 0.234 e. The van der Waals surface area contributed by atoms with E-state index in [1.807, 2.05) is 11.8 Å². The molecule has 0 spiro atoms. The van der Waals surface area contributed by atoms with Crippen LogP contribution >= 0.6 is 0 Å². The van der Waals surface area contributed by atoms with Crippen molar-refractivity contribution >= 4 is 5.91 Å². The average molecular weight is 185 g/mol. The molecule has 4 N–H and O–H groups in total. The normalized spacial score (nSPS) is 23.6. The highest BCUT2D eigenvalue weighted by Gasteiger charge is 2.41. The first-order valence-corrected chi connectivity index (χ1v) is 4.81. The zero-order chi connectivity index (χ0) is 10.1. The van der Waals surface area contributed by atoms with Crippen molar-refractivity contribution in [2.45, 2.75) is 38.3 Å². The molecule has 0 aromatic carbocycles. The number of rotatable bonds is 4. The highest BCUT2D eigenvalue weighted by atomic mass is 16.1. The summed E-state index contributed by atoms with van der Waals surface area (Å²) in [6.45, 7) is 5.54. The molecule has 4 nitrogen and oxygen atoms in total. The summed E-state index contributed by atoms with van der Waals surface area (Å²) in [4.78, 5) is 12.9. The van der Waals surface area contributed by atoms with Crippen LogP contribution in [0.15, 0.2) is 0 Å². The maximum atomic E-state index is 10.8. The second-order valence-corrected chi connectivity index (χ2v) is 4.10. The lowest BCUT2D eigenvalue weighted by Crippen LogP contribution is -2.70. The summed E-state index contributed by atoms with van der Waals surface area (Å²) in [6, 6.07) is -0.173. The van der Waals surface area contributed by atoms with E-state index in [1.54, 1.807) is 0 Å². The quantitative estimate of drug-likeness (QED) is 0.630. The van der Waals surface area contributed by atoms with Crippen molar-refractivity contribution < 1.29 is 4.79 Å². The minimum Gasteiger partial charge on any atom is -0.368 e. The first kappa shape index (κ1) is 10.5. The summed E-state index contributed by atoms with van der Waals surface area (Å²) in [7, 11) is 0. The van der Waals surface area contributed by atoms with Crippen LogP contribution in [0.5, 0.6) is 0 Å². The molecule has 0 aromatic rings. The Balaban J connectivity index is 2.36. The zero-order valence-corrected chi connectivity index (χ0v) is 8.42. The van der Waals surface area contributed by atoms with Gasteiger partial charge in [-0.2, -0.15) is 0 Å². The summed E-state index contributed by atoms with van der Waals surface area (Å²) < 4.78 is 0. The molecule has 1 fully saturated rings. The monoisotopic (exact) mass is 185 g/mol. The molecule has 1 amide bonds. The van der Waals surface area contributed by atoms with Gasteiger partial charge in [0, 0.05) is 18.6 Å². The molecular formula is C9H19N3O. The van der Waals surface area contributed by atoms with Gasteiger partial charge < -0.3 is 11.5 Å². The molecule has 0 bridgehead atoms. The second kappa shape index (κ2) is 3.64. The first-order chi connectivity index (χ1) is 5.98. The Morgan fingerprint density at radius 3 is 2.54 bits per heavy atom. The number of primary amides is 1. The number of hydrogen-bond acceptors (Lipinski definition) is 3. The second-order valence-electron chi connectivity index (χ2n) is 4.10. The highest BCUT2D eigenvalue weighted by Crippen LogP contribution is 2.24. The van der Waals surface area contributed by atoms with Crippen molar-refractivity contribution in [1.82, 2.24) is 4.90 Å². The van der Waals surface area contributed by atoms with Crippen LogP contribution in [0.25, 0.3) is 0 Å². The van der Waals surface area contributed by atoms with Gasteiger partial charge in [-0.15, -0.1) is 0 Å². The van der Waals surface area contributed by atoms with E-state index in [4.69, 9.17) is 11.5 Å². The Morgan fingerprint density at radius 2 is 2.15 bits per heavy atom. The molecule has 0 aliphatic carbocycles. The van der Waals surface area contributed by atoms with E-state index in [0.29, 0.717) is 0 Å². The Labute approximate surface area is 79.3 Å². The van der Waals surface area contributed by atoms with Crippen molar-refractivity contribution in [2.75, 3.05) is 13.1 Å². The van der Waals surface area contributed by atoms with E-state index in [-0.39, 0.29) is 17.5 Å². The Hall–Kier alpha value is -0.610.